The second-order valence-electron chi connectivity index (χ2n) is 10.0. The Kier molecular flexibility index (Phi) is 8.00. The molecule has 0 aromatic carbocycles. The molecule has 164 valence electrons. The topological polar surface area (TPSA) is 55.8 Å². The minimum absolute atomic E-state index is 0.187. The molecule has 1 rings (SSSR count). The lowest BCUT2D eigenvalue weighted by molar-refractivity contribution is -0.170. The van der Waals surface area contributed by atoms with Gasteiger partial charge in [0.25, 0.3) is 0 Å². The first kappa shape index (κ1) is 24.8. The van der Waals surface area contributed by atoms with Gasteiger partial charge in [0.2, 0.25) is 0 Å². The molecule has 5 heteroatoms. The highest BCUT2D eigenvalue weighted by molar-refractivity contribution is 5.76. The van der Waals surface area contributed by atoms with Crippen LogP contribution in [-0.4, -0.2) is 41.3 Å². The van der Waals surface area contributed by atoms with Crippen LogP contribution in [0.15, 0.2) is 0 Å². The van der Waals surface area contributed by atoms with Crippen LogP contribution in [0.4, 0.5) is 4.79 Å². The molecule has 0 aliphatic carbocycles. The number of esters is 1. The second kappa shape index (κ2) is 9.04. The van der Waals surface area contributed by atoms with Crippen LogP contribution in [-0.2, 0) is 14.3 Å². The third-order valence-corrected chi connectivity index (χ3v) is 6.94. The molecule has 1 aliphatic rings. The Morgan fingerprint density at radius 2 is 1.50 bits per heavy atom. The van der Waals surface area contributed by atoms with Gasteiger partial charge >= 0.3 is 12.1 Å². The summed E-state index contributed by atoms with van der Waals surface area (Å²) in [4.78, 5) is 27.4. The molecule has 1 saturated heterocycles. The third kappa shape index (κ3) is 4.83. The minimum Gasteiger partial charge on any atom is -0.457 e. The lowest BCUT2D eigenvalue weighted by atomic mass is 9.72. The van der Waals surface area contributed by atoms with Crippen molar-refractivity contribution in [2.24, 2.45) is 23.2 Å². The smallest absolute Gasteiger partial charge is 0.410 e. The van der Waals surface area contributed by atoms with Crippen LogP contribution in [0.1, 0.15) is 88.5 Å². The SMILES string of the molecule is CCC1(OC(=O)C(C)(C)CC)CCN(C(=O)OC(C(C)C)(C(C)C)C(C)C)C1. The zero-order valence-electron chi connectivity index (χ0n) is 19.8. The zero-order chi connectivity index (χ0) is 21.9. The molecule has 0 N–H and O–H groups in total. The fraction of sp³-hybridized carbons (Fsp3) is 0.913. The monoisotopic (exact) mass is 397 g/mol. The number of likely N-dealkylation sites (tertiary alicyclic amines) is 1. The van der Waals surface area contributed by atoms with Crippen molar-refractivity contribution in [1.82, 2.24) is 4.90 Å². The van der Waals surface area contributed by atoms with Crippen LogP contribution in [0.2, 0.25) is 0 Å². The van der Waals surface area contributed by atoms with Crippen LogP contribution in [0.3, 0.4) is 0 Å². The van der Waals surface area contributed by atoms with Crippen molar-refractivity contribution >= 4 is 12.1 Å². The first-order chi connectivity index (χ1) is 12.8. The van der Waals surface area contributed by atoms with E-state index in [1.54, 1.807) is 4.90 Å². The molecule has 28 heavy (non-hydrogen) atoms. The molecule has 1 amide bonds. The van der Waals surface area contributed by atoms with Crippen molar-refractivity contribution in [2.75, 3.05) is 13.1 Å². The number of carbonyl (C=O) groups is 2. The summed E-state index contributed by atoms with van der Waals surface area (Å²) in [6.45, 7) is 21.4. The molecule has 1 atom stereocenters. The van der Waals surface area contributed by atoms with Crippen LogP contribution < -0.4 is 0 Å². The van der Waals surface area contributed by atoms with E-state index in [4.69, 9.17) is 9.47 Å². The zero-order valence-corrected chi connectivity index (χ0v) is 19.8. The van der Waals surface area contributed by atoms with E-state index in [-0.39, 0.29) is 29.8 Å². The van der Waals surface area contributed by atoms with Crippen molar-refractivity contribution < 1.29 is 19.1 Å². The molecule has 0 aromatic rings. The van der Waals surface area contributed by atoms with Crippen molar-refractivity contribution in [1.29, 1.82) is 0 Å². The van der Waals surface area contributed by atoms with Crippen LogP contribution in [0, 0.1) is 23.2 Å². The minimum atomic E-state index is -0.612. The first-order valence-electron chi connectivity index (χ1n) is 11.0. The maximum atomic E-state index is 13.1. The highest BCUT2D eigenvalue weighted by atomic mass is 16.6. The van der Waals surface area contributed by atoms with Gasteiger partial charge in [0.15, 0.2) is 0 Å². The predicted molar refractivity (Wildman–Crippen MR) is 113 cm³/mol. The van der Waals surface area contributed by atoms with E-state index in [1.165, 1.54) is 0 Å². The maximum Gasteiger partial charge on any atom is 0.410 e. The summed E-state index contributed by atoms with van der Waals surface area (Å²) in [5, 5.41) is 0. The molecule has 1 heterocycles. The Balaban J connectivity index is 2.96. The summed E-state index contributed by atoms with van der Waals surface area (Å²) in [6.07, 6.45) is 1.77. The largest absolute Gasteiger partial charge is 0.457 e. The number of amides is 1. The fourth-order valence-electron chi connectivity index (χ4n) is 4.49. The number of carbonyl (C=O) groups excluding carboxylic acids is 2. The van der Waals surface area contributed by atoms with E-state index in [9.17, 15) is 9.59 Å². The molecule has 0 radical (unpaired) electrons. The van der Waals surface area contributed by atoms with Gasteiger partial charge in [0.1, 0.15) is 11.2 Å². The van der Waals surface area contributed by atoms with Crippen LogP contribution in [0.5, 0.6) is 0 Å². The number of rotatable bonds is 8. The highest BCUT2D eigenvalue weighted by Gasteiger charge is 2.48. The lowest BCUT2D eigenvalue weighted by Crippen LogP contribution is -2.52. The van der Waals surface area contributed by atoms with Gasteiger partial charge in [-0.15, -0.1) is 0 Å². The fourth-order valence-corrected chi connectivity index (χ4v) is 4.49. The Hall–Kier alpha value is -1.26. The first-order valence-corrected chi connectivity index (χ1v) is 11.0. The van der Waals surface area contributed by atoms with Gasteiger partial charge in [-0.2, -0.15) is 0 Å². The summed E-state index contributed by atoms with van der Waals surface area (Å²) >= 11 is 0. The molecular weight excluding hydrogens is 354 g/mol. The molecule has 0 bridgehead atoms. The Morgan fingerprint density at radius 3 is 1.89 bits per heavy atom. The van der Waals surface area contributed by atoms with E-state index in [1.807, 2.05) is 27.7 Å². The summed E-state index contributed by atoms with van der Waals surface area (Å²) in [6, 6.07) is 0. The molecule has 0 spiro atoms. The van der Waals surface area contributed by atoms with Crippen molar-refractivity contribution in [2.45, 2.75) is 99.7 Å². The average Bonchev–Trinajstić information content (AvgIpc) is 3.03. The van der Waals surface area contributed by atoms with E-state index in [0.29, 0.717) is 25.9 Å². The number of hydrogen-bond acceptors (Lipinski definition) is 4. The van der Waals surface area contributed by atoms with Crippen molar-refractivity contribution in [3.8, 4) is 0 Å². The van der Waals surface area contributed by atoms with E-state index < -0.39 is 16.6 Å². The van der Waals surface area contributed by atoms with Gasteiger partial charge in [-0.3, -0.25) is 4.79 Å². The molecule has 5 nitrogen and oxygen atoms in total. The standard InChI is InChI=1S/C23H43NO4/c1-11-21(9,10)19(25)27-22(12-2)13-14-24(15-22)20(26)28-23(16(3)4,17(5)6)18(7)8/h16-18H,11-15H2,1-10H3. The number of nitrogens with zero attached hydrogens (tertiary/aromatic N) is 1. The summed E-state index contributed by atoms with van der Waals surface area (Å²) in [5.41, 5.74) is -1.65. The molecule has 1 unspecified atom stereocenters. The Bertz CT molecular complexity index is 531. The molecule has 1 aliphatic heterocycles. The predicted octanol–water partition coefficient (Wildman–Crippen LogP) is 5.66. The quantitative estimate of drug-likeness (QED) is 0.496. The van der Waals surface area contributed by atoms with Gasteiger partial charge in [-0.05, 0) is 44.4 Å². The number of ether oxygens (including phenoxy) is 2. The van der Waals surface area contributed by atoms with Gasteiger partial charge in [0.05, 0.1) is 12.0 Å². The van der Waals surface area contributed by atoms with Gasteiger partial charge in [-0.1, -0.05) is 55.4 Å². The summed E-state index contributed by atoms with van der Waals surface area (Å²) in [5.74, 6) is 0.433. The van der Waals surface area contributed by atoms with Crippen LogP contribution >= 0.6 is 0 Å². The van der Waals surface area contributed by atoms with E-state index in [2.05, 4.69) is 41.5 Å². The summed E-state index contributed by atoms with van der Waals surface area (Å²) in [7, 11) is 0. The van der Waals surface area contributed by atoms with Crippen molar-refractivity contribution in [3.63, 3.8) is 0 Å². The number of hydrogen-bond donors (Lipinski definition) is 0. The van der Waals surface area contributed by atoms with Crippen molar-refractivity contribution in [3.05, 3.63) is 0 Å². The third-order valence-electron chi connectivity index (χ3n) is 6.94. The Labute approximate surface area is 172 Å². The molecule has 0 saturated carbocycles. The van der Waals surface area contributed by atoms with Gasteiger partial charge in [-0.25, -0.2) is 4.79 Å². The lowest BCUT2D eigenvalue weighted by Gasteiger charge is -2.44. The maximum absolute atomic E-state index is 13.1. The molecular formula is C23H43NO4. The highest BCUT2D eigenvalue weighted by Crippen LogP contribution is 2.39. The second-order valence-corrected chi connectivity index (χ2v) is 10.0. The normalized spacial score (nSPS) is 21.0. The summed E-state index contributed by atoms with van der Waals surface area (Å²) < 4.78 is 12.2. The van der Waals surface area contributed by atoms with E-state index in [0.717, 1.165) is 6.42 Å². The molecule has 0 aromatic heterocycles. The van der Waals surface area contributed by atoms with E-state index >= 15 is 0 Å². The Morgan fingerprint density at radius 1 is 1.00 bits per heavy atom. The molecule has 1 fully saturated rings. The average molecular weight is 398 g/mol. The van der Waals surface area contributed by atoms with Gasteiger partial charge in [0, 0.05) is 13.0 Å². The van der Waals surface area contributed by atoms with Gasteiger partial charge < -0.3 is 14.4 Å². The van der Waals surface area contributed by atoms with Crippen LogP contribution in [0.25, 0.3) is 0 Å².